The van der Waals surface area contributed by atoms with Gasteiger partial charge in [0, 0.05) is 38.9 Å². The number of amides is 1. The van der Waals surface area contributed by atoms with E-state index in [0.29, 0.717) is 55.2 Å². The third kappa shape index (κ3) is 4.43. The average molecular weight is 468 g/mol. The Kier molecular flexibility index (Phi) is 6.35. The maximum Gasteiger partial charge on any atom is 0.431 e. The number of nitrogens with one attached hydrogen (secondary N) is 1. The zero-order valence-corrected chi connectivity index (χ0v) is 19.2. The van der Waals surface area contributed by atoms with Gasteiger partial charge in [-0.15, -0.1) is 0 Å². The largest absolute Gasteiger partial charge is 0.493 e. The number of likely N-dealkylation sites (tertiary alicyclic amines) is 1. The molecule has 0 radical (unpaired) electrons. The predicted molar refractivity (Wildman–Crippen MR) is 120 cm³/mol. The lowest BCUT2D eigenvalue weighted by molar-refractivity contribution is -0.144. The first-order valence-corrected chi connectivity index (χ1v) is 11.3. The van der Waals surface area contributed by atoms with E-state index in [0.717, 1.165) is 12.5 Å². The molecule has 0 aliphatic carbocycles. The number of hydrogen-bond acceptors (Lipinski definition) is 4. The molecule has 1 aromatic heterocycles. The predicted octanol–water partition coefficient (Wildman–Crippen LogP) is 4.67. The zero-order valence-electron chi connectivity index (χ0n) is 19.2. The lowest BCUT2D eigenvalue weighted by Crippen LogP contribution is -2.56. The monoisotopic (exact) mass is 467 g/mol. The van der Waals surface area contributed by atoms with E-state index >= 15 is 0 Å². The molecule has 2 aromatic rings. The van der Waals surface area contributed by atoms with Gasteiger partial charge in [-0.3, -0.25) is 4.79 Å². The standard InChI is InChI=1S/C24H30F3N3O3.H2/c1-4-16(2)33-18-6-5-17(15-19(18)32-3)22(31)29-12-9-23(10-13-29)20-7-8-21(24(25,26)27)30(20)14-11-28-23;/h5-8,15-16,28H,4,9-14H2,1-3H3;1H/t16-;/m0./s1. The van der Waals surface area contributed by atoms with Gasteiger partial charge in [0.25, 0.3) is 5.91 Å². The van der Waals surface area contributed by atoms with Gasteiger partial charge in [-0.25, -0.2) is 0 Å². The summed E-state index contributed by atoms with van der Waals surface area (Å²) in [6.07, 6.45) is -2.41. The van der Waals surface area contributed by atoms with E-state index < -0.39 is 17.4 Å². The van der Waals surface area contributed by atoms with Crippen LogP contribution in [0.5, 0.6) is 11.5 Å². The normalized spacial score (nSPS) is 18.7. The highest BCUT2D eigenvalue weighted by molar-refractivity contribution is 5.95. The number of carbonyl (C=O) groups excluding carboxylic acids is 1. The fourth-order valence-electron chi connectivity index (χ4n) is 4.78. The highest BCUT2D eigenvalue weighted by Crippen LogP contribution is 2.40. The van der Waals surface area contributed by atoms with Crippen molar-refractivity contribution in [3.63, 3.8) is 0 Å². The van der Waals surface area contributed by atoms with Crippen molar-refractivity contribution >= 4 is 5.91 Å². The molecule has 1 atom stereocenters. The Balaban J connectivity index is 0.00000324. The van der Waals surface area contributed by atoms with Gasteiger partial charge in [0.1, 0.15) is 5.69 Å². The van der Waals surface area contributed by atoms with Crippen molar-refractivity contribution in [3.05, 3.63) is 47.3 Å². The van der Waals surface area contributed by atoms with Crippen LogP contribution in [-0.4, -0.2) is 48.2 Å². The minimum Gasteiger partial charge on any atom is -0.493 e. The molecule has 9 heteroatoms. The van der Waals surface area contributed by atoms with Gasteiger partial charge >= 0.3 is 6.18 Å². The Hall–Kier alpha value is -2.68. The van der Waals surface area contributed by atoms with E-state index in [9.17, 15) is 18.0 Å². The number of ether oxygens (including phenoxy) is 2. The Morgan fingerprint density at radius 1 is 1.18 bits per heavy atom. The van der Waals surface area contributed by atoms with Gasteiger partial charge in [0.15, 0.2) is 11.5 Å². The Bertz CT molecular complexity index is 1020. The molecule has 2 aliphatic heterocycles. The zero-order chi connectivity index (χ0) is 23.8. The SMILES string of the molecule is CC[C@H](C)Oc1ccc(C(=O)N2CCC3(CC2)NCCn2c(C(F)(F)F)ccc23)cc1OC.[HH]. The van der Waals surface area contributed by atoms with Crippen molar-refractivity contribution in [2.24, 2.45) is 0 Å². The quantitative estimate of drug-likeness (QED) is 0.694. The summed E-state index contributed by atoms with van der Waals surface area (Å²) in [5.41, 5.74) is -0.00629. The first kappa shape index (κ1) is 23.5. The van der Waals surface area contributed by atoms with Crippen molar-refractivity contribution in [3.8, 4) is 11.5 Å². The molecule has 1 spiro atoms. The second-order valence-corrected chi connectivity index (χ2v) is 8.76. The number of hydrogen-bond donors (Lipinski definition) is 1. The van der Waals surface area contributed by atoms with Crippen molar-refractivity contribution < 1.29 is 28.9 Å². The second kappa shape index (κ2) is 8.93. The van der Waals surface area contributed by atoms with Crippen LogP contribution in [0.3, 0.4) is 0 Å². The lowest BCUT2D eigenvalue weighted by Gasteiger charge is -2.45. The smallest absolute Gasteiger partial charge is 0.431 e. The topological polar surface area (TPSA) is 55.7 Å². The highest BCUT2D eigenvalue weighted by Gasteiger charge is 2.44. The summed E-state index contributed by atoms with van der Waals surface area (Å²) in [6.45, 7) is 5.65. The molecular formula is C24H32F3N3O3. The first-order chi connectivity index (χ1) is 15.7. The molecule has 0 unspecified atom stereocenters. The van der Waals surface area contributed by atoms with Crippen molar-refractivity contribution in [2.45, 2.75) is 57.5 Å². The number of benzene rings is 1. The van der Waals surface area contributed by atoms with Gasteiger partial charge in [0.05, 0.1) is 18.8 Å². The number of carbonyl (C=O) groups is 1. The number of methoxy groups -OCH3 is 1. The molecule has 1 saturated heterocycles. The summed E-state index contributed by atoms with van der Waals surface area (Å²) in [4.78, 5) is 14.9. The van der Waals surface area contributed by atoms with Crippen LogP contribution in [-0.2, 0) is 18.3 Å². The Morgan fingerprint density at radius 3 is 2.55 bits per heavy atom. The number of piperidine rings is 1. The van der Waals surface area contributed by atoms with Crippen LogP contribution in [0.2, 0.25) is 0 Å². The molecule has 4 rings (SSSR count). The maximum absolute atomic E-state index is 13.4. The molecule has 1 aromatic carbocycles. The van der Waals surface area contributed by atoms with E-state index in [-0.39, 0.29) is 20.0 Å². The molecule has 1 N–H and O–H groups in total. The molecule has 1 fully saturated rings. The van der Waals surface area contributed by atoms with Gasteiger partial charge in [-0.05, 0) is 56.5 Å². The number of fused-ring (bicyclic) bond motifs is 2. The summed E-state index contributed by atoms with van der Waals surface area (Å²) in [7, 11) is 1.54. The number of nitrogens with zero attached hydrogens (tertiary/aromatic N) is 2. The molecule has 1 amide bonds. The van der Waals surface area contributed by atoms with Crippen LogP contribution in [0, 0.1) is 0 Å². The minimum absolute atomic E-state index is 0. The fourth-order valence-corrected chi connectivity index (χ4v) is 4.78. The van der Waals surface area contributed by atoms with Crippen molar-refractivity contribution in [2.75, 3.05) is 26.7 Å². The summed E-state index contributed by atoms with van der Waals surface area (Å²) in [5.74, 6) is 0.968. The van der Waals surface area contributed by atoms with Crippen LogP contribution in [0.1, 0.15) is 56.3 Å². The number of aromatic nitrogens is 1. The molecular weight excluding hydrogens is 435 g/mol. The van der Waals surface area contributed by atoms with Crippen molar-refractivity contribution in [1.82, 2.24) is 14.8 Å². The first-order valence-electron chi connectivity index (χ1n) is 11.3. The van der Waals surface area contributed by atoms with Crippen LogP contribution >= 0.6 is 0 Å². The maximum atomic E-state index is 13.4. The van der Waals surface area contributed by atoms with Gasteiger partial charge in [-0.2, -0.15) is 13.2 Å². The average Bonchev–Trinajstić information content (AvgIpc) is 3.26. The van der Waals surface area contributed by atoms with Crippen LogP contribution in [0.25, 0.3) is 0 Å². The summed E-state index contributed by atoms with van der Waals surface area (Å²) < 4.78 is 52.8. The number of alkyl halides is 3. The van der Waals surface area contributed by atoms with E-state index in [4.69, 9.17) is 9.47 Å². The molecule has 6 nitrogen and oxygen atoms in total. The molecule has 0 saturated carbocycles. The molecule has 33 heavy (non-hydrogen) atoms. The summed E-state index contributed by atoms with van der Waals surface area (Å²) >= 11 is 0. The minimum atomic E-state index is -4.38. The van der Waals surface area contributed by atoms with Crippen molar-refractivity contribution in [1.29, 1.82) is 0 Å². The molecule has 3 heterocycles. The van der Waals surface area contributed by atoms with Crippen LogP contribution in [0.15, 0.2) is 30.3 Å². The van der Waals surface area contributed by atoms with E-state index in [2.05, 4.69) is 5.32 Å². The number of halogens is 3. The second-order valence-electron chi connectivity index (χ2n) is 8.76. The lowest BCUT2D eigenvalue weighted by atomic mass is 9.83. The van der Waals surface area contributed by atoms with Gasteiger partial charge in [0.2, 0.25) is 0 Å². The van der Waals surface area contributed by atoms with Gasteiger partial charge < -0.3 is 24.3 Å². The van der Waals surface area contributed by atoms with Crippen LogP contribution in [0.4, 0.5) is 13.2 Å². The summed E-state index contributed by atoms with van der Waals surface area (Å²) in [6, 6.07) is 7.90. The Morgan fingerprint density at radius 2 is 1.91 bits per heavy atom. The molecule has 2 aliphatic rings. The van der Waals surface area contributed by atoms with E-state index in [1.165, 1.54) is 11.7 Å². The van der Waals surface area contributed by atoms with E-state index in [1.807, 2.05) is 13.8 Å². The fraction of sp³-hybridized carbons (Fsp3) is 0.542. The third-order valence-electron chi connectivity index (χ3n) is 6.78. The van der Waals surface area contributed by atoms with Gasteiger partial charge in [-0.1, -0.05) is 6.92 Å². The summed E-state index contributed by atoms with van der Waals surface area (Å²) in [5, 5.41) is 3.44. The Labute approximate surface area is 193 Å². The van der Waals surface area contributed by atoms with E-state index in [1.54, 1.807) is 29.2 Å². The highest BCUT2D eigenvalue weighted by atomic mass is 19.4. The third-order valence-corrected chi connectivity index (χ3v) is 6.78. The molecule has 0 bridgehead atoms. The number of rotatable bonds is 5. The van der Waals surface area contributed by atoms with Crippen LogP contribution < -0.4 is 14.8 Å². The molecule has 182 valence electrons.